The monoisotopic (exact) mass is 285 g/mol. The molecule has 0 aliphatic heterocycles. The van der Waals surface area contributed by atoms with Crippen molar-refractivity contribution in [3.05, 3.63) is 65.2 Å². The van der Waals surface area contributed by atoms with Gasteiger partial charge in [-0.25, -0.2) is 0 Å². The van der Waals surface area contributed by atoms with Gasteiger partial charge in [-0.15, -0.1) is 12.4 Å². The van der Waals surface area contributed by atoms with Crippen molar-refractivity contribution in [2.75, 3.05) is 0 Å². The van der Waals surface area contributed by atoms with Crippen LogP contribution in [0.1, 0.15) is 10.4 Å². The fourth-order valence-electron chi connectivity index (χ4n) is 1.05. The van der Waals surface area contributed by atoms with Crippen molar-refractivity contribution in [2.24, 2.45) is 5.73 Å². The molecule has 0 bridgehead atoms. The van der Waals surface area contributed by atoms with Crippen LogP contribution in [0.3, 0.4) is 0 Å². The number of rotatable bonds is 1. The van der Waals surface area contributed by atoms with Gasteiger partial charge < -0.3 is 10.8 Å². The lowest BCUT2D eigenvalue weighted by atomic mass is 10.2. The van der Waals surface area contributed by atoms with E-state index in [4.69, 9.17) is 22.4 Å². The number of carbonyl (C=O) groups is 1. The predicted molar refractivity (Wildman–Crippen MR) is 75.3 cm³/mol. The maximum Gasteiger partial charge on any atom is 0.248 e. The standard InChI is InChI=1S/C7H7NO.C6H5ClO.ClH/c8-7(9)6-4-2-1-3-5-6;7-5-3-1-2-4-6(5)8;/h1-5H,(H2,8,9);1-4,8H;1H. The second-order valence-corrected chi connectivity index (χ2v) is 3.59. The smallest absolute Gasteiger partial charge is 0.248 e. The summed E-state index contributed by atoms with van der Waals surface area (Å²) in [6, 6.07) is 15.4. The van der Waals surface area contributed by atoms with E-state index >= 15 is 0 Å². The first-order chi connectivity index (χ1) is 8.11. The highest BCUT2D eigenvalue weighted by Gasteiger charge is 1.93. The molecule has 0 unspecified atom stereocenters. The van der Waals surface area contributed by atoms with E-state index in [1.165, 1.54) is 0 Å². The fourth-order valence-corrected chi connectivity index (χ4v) is 1.19. The summed E-state index contributed by atoms with van der Waals surface area (Å²) in [5, 5.41) is 9.18. The number of carbonyl (C=O) groups excluding carboxylic acids is 1. The number of halogens is 2. The van der Waals surface area contributed by atoms with Crippen LogP contribution in [-0.4, -0.2) is 11.0 Å². The summed E-state index contributed by atoms with van der Waals surface area (Å²) >= 11 is 5.46. The maximum absolute atomic E-state index is 10.4. The molecule has 96 valence electrons. The first-order valence-corrected chi connectivity index (χ1v) is 5.27. The first kappa shape index (κ1) is 16.3. The van der Waals surface area contributed by atoms with Crippen LogP contribution in [0.4, 0.5) is 0 Å². The van der Waals surface area contributed by atoms with Crippen LogP contribution in [-0.2, 0) is 0 Å². The zero-order valence-electron chi connectivity index (χ0n) is 9.42. The lowest BCUT2D eigenvalue weighted by molar-refractivity contribution is 0.100. The first-order valence-electron chi connectivity index (χ1n) is 4.89. The van der Waals surface area contributed by atoms with Crippen molar-refractivity contribution in [3.63, 3.8) is 0 Å². The highest BCUT2D eigenvalue weighted by atomic mass is 35.5. The minimum Gasteiger partial charge on any atom is -0.506 e. The molecule has 0 spiro atoms. The third kappa shape index (κ3) is 5.57. The Kier molecular flexibility index (Phi) is 7.59. The minimum atomic E-state index is -0.379. The van der Waals surface area contributed by atoms with E-state index in [-0.39, 0.29) is 24.1 Å². The molecule has 2 aromatic rings. The number of nitrogens with two attached hydrogens (primary N) is 1. The van der Waals surface area contributed by atoms with E-state index in [1.807, 2.05) is 6.07 Å². The van der Waals surface area contributed by atoms with Crippen LogP contribution < -0.4 is 5.73 Å². The molecule has 0 aliphatic carbocycles. The number of amides is 1. The summed E-state index contributed by atoms with van der Waals surface area (Å²) in [5.41, 5.74) is 5.53. The van der Waals surface area contributed by atoms with Gasteiger partial charge in [0.1, 0.15) is 5.75 Å². The molecule has 0 heterocycles. The van der Waals surface area contributed by atoms with Gasteiger partial charge in [-0.1, -0.05) is 41.9 Å². The Morgan fingerprint density at radius 1 is 1.00 bits per heavy atom. The summed E-state index contributed by atoms with van der Waals surface area (Å²) in [6.45, 7) is 0. The number of aromatic hydroxyl groups is 1. The van der Waals surface area contributed by atoms with E-state index < -0.39 is 0 Å². The molecule has 2 rings (SSSR count). The summed E-state index contributed by atoms with van der Waals surface area (Å²) in [4.78, 5) is 10.4. The van der Waals surface area contributed by atoms with E-state index in [0.717, 1.165) is 0 Å². The highest BCUT2D eigenvalue weighted by molar-refractivity contribution is 6.31. The molecular formula is C13H13Cl2NO2. The second-order valence-electron chi connectivity index (χ2n) is 3.18. The van der Waals surface area contributed by atoms with Crippen LogP contribution in [0.5, 0.6) is 5.75 Å². The number of benzene rings is 2. The molecule has 0 atom stereocenters. The minimum absolute atomic E-state index is 0. The van der Waals surface area contributed by atoms with Gasteiger partial charge in [-0.05, 0) is 24.3 Å². The van der Waals surface area contributed by atoms with Crippen LogP contribution in [0.15, 0.2) is 54.6 Å². The molecule has 18 heavy (non-hydrogen) atoms. The quantitative estimate of drug-likeness (QED) is 0.845. The molecule has 0 aromatic heterocycles. The van der Waals surface area contributed by atoms with Gasteiger partial charge in [-0.2, -0.15) is 0 Å². The average Bonchev–Trinajstić information content (AvgIpc) is 2.35. The Morgan fingerprint density at radius 2 is 1.50 bits per heavy atom. The van der Waals surface area contributed by atoms with E-state index in [2.05, 4.69) is 0 Å². The van der Waals surface area contributed by atoms with E-state index in [0.29, 0.717) is 10.6 Å². The number of hydrogen-bond acceptors (Lipinski definition) is 2. The number of primary amides is 1. The average molecular weight is 286 g/mol. The van der Waals surface area contributed by atoms with E-state index in [9.17, 15) is 4.79 Å². The van der Waals surface area contributed by atoms with Gasteiger partial charge in [0.15, 0.2) is 0 Å². The molecule has 5 heteroatoms. The summed E-state index contributed by atoms with van der Waals surface area (Å²) in [7, 11) is 0. The number of phenolic OH excluding ortho intramolecular Hbond substituents is 1. The van der Waals surface area contributed by atoms with Gasteiger partial charge in [0, 0.05) is 5.56 Å². The molecule has 3 N–H and O–H groups in total. The molecule has 0 fully saturated rings. The predicted octanol–water partition coefficient (Wildman–Crippen LogP) is 3.25. The third-order valence-corrected chi connectivity index (χ3v) is 2.23. The molecule has 0 saturated heterocycles. The van der Waals surface area contributed by atoms with Gasteiger partial charge in [0.25, 0.3) is 0 Å². The Morgan fingerprint density at radius 3 is 1.83 bits per heavy atom. The van der Waals surface area contributed by atoms with Crippen molar-refractivity contribution in [2.45, 2.75) is 0 Å². The molecule has 0 radical (unpaired) electrons. The van der Waals surface area contributed by atoms with Crippen molar-refractivity contribution >= 4 is 29.9 Å². The van der Waals surface area contributed by atoms with Gasteiger partial charge in [-0.3, -0.25) is 4.79 Å². The maximum atomic E-state index is 10.4. The van der Waals surface area contributed by atoms with Crippen LogP contribution in [0.25, 0.3) is 0 Å². The van der Waals surface area contributed by atoms with Crippen molar-refractivity contribution < 1.29 is 9.90 Å². The lowest BCUT2D eigenvalue weighted by Crippen LogP contribution is -2.09. The summed E-state index contributed by atoms with van der Waals surface area (Å²) in [6.07, 6.45) is 0. The number of hydrogen-bond donors (Lipinski definition) is 2. The normalized spacial score (nSPS) is 8.50. The second kappa shape index (κ2) is 8.39. The van der Waals surface area contributed by atoms with E-state index in [1.54, 1.807) is 48.5 Å². The number of phenols is 1. The van der Waals surface area contributed by atoms with Gasteiger partial charge in [0.2, 0.25) is 5.91 Å². The number of para-hydroxylation sites is 1. The SMILES string of the molecule is Cl.NC(=O)c1ccccc1.Oc1ccccc1Cl. The summed E-state index contributed by atoms with van der Waals surface area (Å²) in [5.74, 6) is -0.246. The zero-order chi connectivity index (χ0) is 12.7. The third-order valence-electron chi connectivity index (χ3n) is 1.91. The van der Waals surface area contributed by atoms with Gasteiger partial charge >= 0.3 is 0 Å². The molecule has 3 nitrogen and oxygen atoms in total. The molecule has 1 amide bonds. The fraction of sp³-hybridized carbons (Fsp3) is 0. The highest BCUT2D eigenvalue weighted by Crippen LogP contribution is 2.20. The van der Waals surface area contributed by atoms with Gasteiger partial charge in [0.05, 0.1) is 5.02 Å². The lowest BCUT2D eigenvalue weighted by Gasteiger charge is -1.89. The molecule has 2 aromatic carbocycles. The van der Waals surface area contributed by atoms with Crippen LogP contribution in [0.2, 0.25) is 5.02 Å². The van der Waals surface area contributed by atoms with Crippen molar-refractivity contribution in [1.82, 2.24) is 0 Å². The molecular weight excluding hydrogens is 273 g/mol. The van der Waals surface area contributed by atoms with Crippen molar-refractivity contribution in [1.29, 1.82) is 0 Å². The Bertz CT molecular complexity index is 468. The Hall–Kier alpha value is -1.71. The Balaban J connectivity index is 0.000000306. The molecule has 0 saturated carbocycles. The topological polar surface area (TPSA) is 63.3 Å². The van der Waals surface area contributed by atoms with Crippen LogP contribution in [0, 0.1) is 0 Å². The largest absolute Gasteiger partial charge is 0.506 e. The van der Waals surface area contributed by atoms with Crippen LogP contribution >= 0.6 is 24.0 Å². The molecule has 0 aliphatic rings. The zero-order valence-corrected chi connectivity index (χ0v) is 11.0. The van der Waals surface area contributed by atoms with Crippen molar-refractivity contribution in [3.8, 4) is 5.75 Å². The Labute approximate surface area is 117 Å². The summed E-state index contributed by atoms with van der Waals surface area (Å²) < 4.78 is 0.